The van der Waals surface area contributed by atoms with E-state index in [4.69, 9.17) is 15.2 Å². The van der Waals surface area contributed by atoms with Gasteiger partial charge >= 0.3 is 0 Å². The van der Waals surface area contributed by atoms with Crippen LogP contribution in [-0.4, -0.2) is 23.8 Å². The third kappa shape index (κ3) is 6.10. The Morgan fingerprint density at radius 2 is 1.39 bits per heavy atom. The molecule has 33 heavy (non-hydrogen) atoms. The van der Waals surface area contributed by atoms with E-state index in [1.807, 2.05) is 26.0 Å². The van der Waals surface area contributed by atoms with Crippen LogP contribution in [-0.2, 0) is 4.79 Å². The van der Waals surface area contributed by atoms with Gasteiger partial charge in [0.05, 0.1) is 0 Å². The van der Waals surface area contributed by atoms with Gasteiger partial charge in [0.1, 0.15) is 17.2 Å². The number of benzene rings is 3. The summed E-state index contributed by atoms with van der Waals surface area (Å²) in [5.41, 5.74) is 12.7. The molecule has 3 rings (SSSR count). The Bertz CT molecular complexity index is 1160. The van der Waals surface area contributed by atoms with Gasteiger partial charge in [0.25, 0.3) is 11.8 Å². The smallest absolute Gasteiger partial charge is 0.279 e. The number of hydrazine groups is 1. The average molecular weight is 447 g/mol. The molecular weight excluding hydrogens is 422 g/mol. The van der Waals surface area contributed by atoms with Gasteiger partial charge in [-0.2, -0.15) is 0 Å². The summed E-state index contributed by atoms with van der Waals surface area (Å²) in [4.78, 5) is 35.8. The third-order valence-corrected chi connectivity index (χ3v) is 5.02. The minimum absolute atomic E-state index is 0.329. The number of amides is 3. The van der Waals surface area contributed by atoms with Crippen molar-refractivity contribution in [3.63, 3.8) is 0 Å². The molecule has 3 aromatic rings. The number of carbonyl (C=O) groups excluding carboxylic acids is 3. The van der Waals surface area contributed by atoms with Crippen LogP contribution in [0.15, 0.2) is 66.7 Å². The number of aryl methyl sites for hydroxylation is 1. The van der Waals surface area contributed by atoms with Crippen molar-refractivity contribution in [3.8, 4) is 17.2 Å². The van der Waals surface area contributed by atoms with E-state index in [2.05, 4.69) is 10.9 Å². The summed E-state index contributed by atoms with van der Waals surface area (Å²) in [6.45, 7) is 5.48. The molecule has 0 spiro atoms. The van der Waals surface area contributed by atoms with Crippen molar-refractivity contribution >= 4 is 17.7 Å². The van der Waals surface area contributed by atoms with Gasteiger partial charge in [0, 0.05) is 11.1 Å². The first-order valence-electron chi connectivity index (χ1n) is 10.3. The maximum atomic E-state index is 12.3. The number of carbonyl (C=O) groups is 3. The van der Waals surface area contributed by atoms with Crippen molar-refractivity contribution < 1.29 is 23.9 Å². The molecule has 0 radical (unpaired) electrons. The van der Waals surface area contributed by atoms with E-state index in [1.165, 1.54) is 0 Å². The van der Waals surface area contributed by atoms with Gasteiger partial charge in [0.2, 0.25) is 5.91 Å². The number of hydrogen-bond donors (Lipinski definition) is 3. The zero-order valence-electron chi connectivity index (χ0n) is 18.5. The molecule has 170 valence electrons. The Hall–Kier alpha value is -4.33. The monoisotopic (exact) mass is 447 g/mol. The highest BCUT2D eigenvalue weighted by Gasteiger charge is 2.17. The van der Waals surface area contributed by atoms with Crippen LogP contribution in [0.1, 0.15) is 38.8 Å². The summed E-state index contributed by atoms with van der Waals surface area (Å²) in [5, 5.41) is 0. The topological polar surface area (TPSA) is 120 Å². The van der Waals surface area contributed by atoms with Gasteiger partial charge < -0.3 is 15.2 Å². The second-order valence-corrected chi connectivity index (χ2v) is 7.42. The number of ether oxygens (including phenoxy) is 2. The van der Waals surface area contributed by atoms with Crippen molar-refractivity contribution in [2.45, 2.75) is 26.9 Å². The van der Waals surface area contributed by atoms with Crippen molar-refractivity contribution in [3.05, 3.63) is 89.0 Å². The quantitative estimate of drug-likeness (QED) is 0.480. The Kier molecular flexibility index (Phi) is 7.30. The van der Waals surface area contributed by atoms with Gasteiger partial charge in [-0.3, -0.25) is 25.2 Å². The summed E-state index contributed by atoms with van der Waals surface area (Å²) < 4.78 is 11.4. The standard InChI is InChI=1S/C25H25N3O5/c1-15-5-4-6-22(16(15)2)32-17(3)24(30)27-28-25(31)19-9-13-21(14-10-19)33-20-11-7-18(8-12-20)23(26)29/h4-14,17H,1-3H3,(H2,26,29)(H,27,30)(H,28,31). The lowest BCUT2D eigenvalue weighted by molar-refractivity contribution is -0.128. The average Bonchev–Trinajstić information content (AvgIpc) is 2.81. The van der Waals surface area contributed by atoms with Crippen LogP contribution < -0.4 is 26.1 Å². The van der Waals surface area contributed by atoms with E-state index >= 15 is 0 Å². The summed E-state index contributed by atoms with van der Waals surface area (Å²) in [6.07, 6.45) is -0.803. The second-order valence-electron chi connectivity index (χ2n) is 7.42. The van der Waals surface area contributed by atoms with Gasteiger partial charge in [-0.05, 0) is 86.5 Å². The van der Waals surface area contributed by atoms with Crippen LogP contribution in [0.5, 0.6) is 17.2 Å². The Morgan fingerprint density at radius 3 is 1.97 bits per heavy atom. The number of primary amides is 1. The lowest BCUT2D eigenvalue weighted by atomic mass is 10.1. The van der Waals surface area contributed by atoms with E-state index in [0.29, 0.717) is 28.4 Å². The number of hydrogen-bond acceptors (Lipinski definition) is 5. The first kappa shape index (κ1) is 23.3. The maximum Gasteiger partial charge on any atom is 0.279 e. The lowest BCUT2D eigenvalue weighted by Gasteiger charge is -2.17. The van der Waals surface area contributed by atoms with Gasteiger partial charge in [0.15, 0.2) is 6.10 Å². The zero-order valence-corrected chi connectivity index (χ0v) is 18.5. The minimum atomic E-state index is -0.803. The fourth-order valence-electron chi connectivity index (χ4n) is 2.89. The Labute approximate surface area is 191 Å². The zero-order chi connectivity index (χ0) is 24.0. The Morgan fingerprint density at radius 1 is 0.818 bits per heavy atom. The molecule has 0 saturated carbocycles. The normalized spacial score (nSPS) is 11.2. The van der Waals surface area contributed by atoms with Gasteiger partial charge in [-0.1, -0.05) is 12.1 Å². The summed E-state index contributed by atoms with van der Waals surface area (Å²) in [7, 11) is 0. The molecule has 1 unspecified atom stereocenters. The predicted molar refractivity (Wildman–Crippen MR) is 123 cm³/mol. The van der Waals surface area contributed by atoms with Gasteiger partial charge in [-0.15, -0.1) is 0 Å². The number of nitrogens with one attached hydrogen (secondary N) is 2. The van der Waals surface area contributed by atoms with Crippen LogP contribution in [0.2, 0.25) is 0 Å². The first-order valence-corrected chi connectivity index (χ1v) is 10.3. The van der Waals surface area contributed by atoms with Crippen LogP contribution in [0, 0.1) is 13.8 Å². The molecule has 0 aliphatic carbocycles. The molecule has 1 atom stereocenters. The molecule has 4 N–H and O–H groups in total. The van der Waals surface area contributed by atoms with Crippen LogP contribution >= 0.6 is 0 Å². The Balaban J connectivity index is 1.52. The van der Waals surface area contributed by atoms with E-state index in [9.17, 15) is 14.4 Å². The van der Waals surface area contributed by atoms with E-state index in [-0.39, 0.29) is 0 Å². The molecule has 0 heterocycles. The highest BCUT2D eigenvalue weighted by Crippen LogP contribution is 2.23. The van der Waals surface area contributed by atoms with Crippen molar-refractivity contribution in [1.29, 1.82) is 0 Å². The molecule has 0 aliphatic heterocycles. The lowest BCUT2D eigenvalue weighted by Crippen LogP contribution is -2.47. The second kappa shape index (κ2) is 10.3. The molecule has 0 aliphatic rings. The van der Waals surface area contributed by atoms with E-state index < -0.39 is 23.8 Å². The fraction of sp³-hybridized carbons (Fsp3) is 0.160. The van der Waals surface area contributed by atoms with Crippen molar-refractivity contribution in [2.24, 2.45) is 5.73 Å². The molecule has 0 bridgehead atoms. The van der Waals surface area contributed by atoms with E-state index in [0.717, 1.165) is 11.1 Å². The summed E-state index contributed by atoms with van der Waals surface area (Å²) >= 11 is 0. The summed E-state index contributed by atoms with van der Waals surface area (Å²) in [6, 6.07) is 18.3. The minimum Gasteiger partial charge on any atom is -0.481 e. The largest absolute Gasteiger partial charge is 0.481 e. The molecule has 8 heteroatoms. The van der Waals surface area contributed by atoms with Crippen LogP contribution in [0.4, 0.5) is 0 Å². The van der Waals surface area contributed by atoms with E-state index in [1.54, 1.807) is 61.5 Å². The number of rotatable bonds is 7. The van der Waals surface area contributed by atoms with Crippen molar-refractivity contribution in [1.82, 2.24) is 10.9 Å². The molecule has 0 saturated heterocycles. The first-order chi connectivity index (χ1) is 15.7. The molecule has 3 amide bonds. The van der Waals surface area contributed by atoms with Crippen LogP contribution in [0.3, 0.4) is 0 Å². The fourth-order valence-corrected chi connectivity index (χ4v) is 2.89. The SMILES string of the molecule is Cc1cccc(OC(C)C(=O)NNC(=O)c2ccc(Oc3ccc(C(N)=O)cc3)cc2)c1C. The maximum absolute atomic E-state index is 12.3. The van der Waals surface area contributed by atoms with Gasteiger partial charge in [-0.25, -0.2) is 0 Å². The molecule has 3 aromatic carbocycles. The summed E-state index contributed by atoms with van der Waals surface area (Å²) in [5.74, 6) is 0.141. The number of nitrogens with two attached hydrogens (primary N) is 1. The molecule has 0 fully saturated rings. The molecular formula is C25H25N3O5. The molecule has 0 aromatic heterocycles. The highest BCUT2D eigenvalue weighted by atomic mass is 16.5. The van der Waals surface area contributed by atoms with Crippen LogP contribution in [0.25, 0.3) is 0 Å². The molecule has 8 nitrogen and oxygen atoms in total. The van der Waals surface area contributed by atoms with Crippen molar-refractivity contribution in [2.75, 3.05) is 0 Å². The predicted octanol–water partition coefficient (Wildman–Crippen LogP) is 3.42. The highest BCUT2D eigenvalue weighted by molar-refractivity contribution is 5.96. The third-order valence-electron chi connectivity index (χ3n) is 5.02.